The number of benzene rings is 2. The van der Waals surface area contributed by atoms with Gasteiger partial charge in [-0.15, -0.1) is 0 Å². The fourth-order valence-corrected chi connectivity index (χ4v) is 3.65. The Hall–Kier alpha value is -2.88. The summed E-state index contributed by atoms with van der Waals surface area (Å²) in [6.07, 6.45) is 6.94. The van der Waals surface area contributed by atoms with E-state index in [-0.39, 0.29) is 11.9 Å². The second-order valence-corrected chi connectivity index (χ2v) is 7.25. The number of fused-ring (bicyclic) bond motifs is 1. The van der Waals surface area contributed by atoms with Gasteiger partial charge in [-0.05, 0) is 48.3 Å². The number of nitrogens with one attached hydrogen (secondary N) is 1. The molecule has 27 heavy (non-hydrogen) atoms. The van der Waals surface area contributed by atoms with Gasteiger partial charge < -0.3 is 10.1 Å². The van der Waals surface area contributed by atoms with Gasteiger partial charge in [-0.1, -0.05) is 42.5 Å². The highest BCUT2D eigenvalue weighted by atomic mass is 16.5. The first-order valence-corrected chi connectivity index (χ1v) is 9.57. The van der Waals surface area contributed by atoms with Crippen LogP contribution in [-0.2, 0) is 11.2 Å². The maximum absolute atomic E-state index is 12.3. The van der Waals surface area contributed by atoms with Gasteiger partial charge >= 0.3 is 0 Å². The van der Waals surface area contributed by atoms with Crippen LogP contribution in [0.25, 0.3) is 10.8 Å². The molecule has 1 N–H and O–H groups in total. The Balaban J connectivity index is 1.19. The first-order valence-electron chi connectivity index (χ1n) is 9.57. The average molecular weight is 360 g/mol. The highest BCUT2D eigenvalue weighted by Gasteiger charge is 2.30. The van der Waals surface area contributed by atoms with Gasteiger partial charge in [0.2, 0.25) is 5.91 Å². The molecule has 1 fully saturated rings. The molecule has 0 aliphatic heterocycles. The summed E-state index contributed by atoms with van der Waals surface area (Å²) >= 11 is 0. The van der Waals surface area contributed by atoms with Crippen molar-refractivity contribution in [3.63, 3.8) is 0 Å². The summed E-state index contributed by atoms with van der Waals surface area (Å²) < 4.78 is 5.79. The van der Waals surface area contributed by atoms with Crippen LogP contribution in [0.4, 0.5) is 0 Å². The van der Waals surface area contributed by atoms with Crippen molar-refractivity contribution in [1.82, 2.24) is 10.3 Å². The predicted molar refractivity (Wildman–Crippen MR) is 107 cm³/mol. The largest absolute Gasteiger partial charge is 0.493 e. The molecule has 0 atom stereocenters. The van der Waals surface area contributed by atoms with Crippen molar-refractivity contribution in [3.8, 4) is 5.75 Å². The number of hydrogen-bond acceptors (Lipinski definition) is 3. The molecule has 138 valence electrons. The van der Waals surface area contributed by atoms with Gasteiger partial charge in [0.05, 0.1) is 6.61 Å². The number of para-hydroxylation sites is 1. The van der Waals surface area contributed by atoms with Gasteiger partial charge in [0, 0.05) is 30.2 Å². The van der Waals surface area contributed by atoms with E-state index in [0.29, 0.717) is 18.8 Å². The number of carbonyl (C=O) groups excluding carboxylic acids is 1. The lowest BCUT2D eigenvalue weighted by Crippen LogP contribution is -2.46. The first kappa shape index (κ1) is 17.5. The molecule has 0 unspecified atom stereocenters. The van der Waals surface area contributed by atoms with Crippen LogP contribution >= 0.6 is 0 Å². The molecule has 4 heteroatoms. The van der Waals surface area contributed by atoms with Crippen molar-refractivity contribution in [1.29, 1.82) is 0 Å². The van der Waals surface area contributed by atoms with Crippen molar-refractivity contribution in [2.45, 2.75) is 31.7 Å². The number of aryl methyl sites for hydroxylation is 1. The van der Waals surface area contributed by atoms with Crippen LogP contribution in [-0.4, -0.2) is 23.5 Å². The minimum Gasteiger partial charge on any atom is -0.493 e. The number of aromatic nitrogens is 1. The van der Waals surface area contributed by atoms with E-state index >= 15 is 0 Å². The highest BCUT2D eigenvalue weighted by Crippen LogP contribution is 2.28. The molecule has 1 aliphatic carbocycles. The molecule has 1 aromatic heterocycles. The summed E-state index contributed by atoms with van der Waals surface area (Å²) in [7, 11) is 0. The third-order valence-corrected chi connectivity index (χ3v) is 5.20. The fourth-order valence-electron chi connectivity index (χ4n) is 3.65. The minimum absolute atomic E-state index is 0.121. The molecule has 1 aliphatic rings. The molecule has 1 heterocycles. The van der Waals surface area contributed by atoms with Crippen molar-refractivity contribution >= 4 is 16.7 Å². The van der Waals surface area contributed by atoms with E-state index in [1.165, 1.54) is 5.39 Å². The number of carbonyl (C=O) groups is 1. The molecule has 0 spiro atoms. The topological polar surface area (TPSA) is 51.2 Å². The lowest BCUT2D eigenvalue weighted by molar-refractivity contribution is -0.122. The standard InChI is InChI=1S/C23H24N2O2/c26-23(11-10-19-15-24-14-18-6-4-5-9-22(18)19)25-20-12-17(13-20)16-27-21-7-2-1-3-8-21/h1-9,14-15,17,20H,10-13,16H2,(H,25,26). The molecule has 0 bridgehead atoms. The van der Waals surface area contributed by atoms with E-state index in [1.807, 2.05) is 54.9 Å². The molecular formula is C23H24N2O2. The second-order valence-electron chi connectivity index (χ2n) is 7.25. The summed E-state index contributed by atoms with van der Waals surface area (Å²) in [5.74, 6) is 1.56. The molecule has 1 amide bonds. The summed E-state index contributed by atoms with van der Waals surface area (Å²) in [6, 6.07) is 18.3. The van der Waals surface area contributed by atoms with Crippen molar-refractivity contribution in [2.24, 2.45) is 5.92 Å². The number of hydrogen-bond donors (Lipinski definition) is 1. The van der Waals surface area contributed by atoms with Gasteiger partial charge in [0.15, 0.2) is 0 Å². The van der Waals surface area contributed by atoms with Crippen LogP contribution in [0, 0.1) is 5.92 Å². The fraction of sp³-hybridized carbons (Fsp3) is 0.304. The molecule has 1 saturated carbocycles. The van der Waals surface area contributed by atoms with Crippen LogP contribution in [0.3, 0.4) is 0 Å². The third-order valence-electron chi connectivity index (χ3n) is 5.20. The Labute approximate surface area is 159 Å². The van der Waals surface area contributed by atoms with Crippen LogP contribution in [0.2, 0.25) is 0 Å². The zero-order valence-electron chi connectivity index (χ0n) is 15.3. The third kappa shape index (κ3) is 4.45. The predicted octanol–water partition coefficient (Wildman–Crippen LogP) is 4.14. The van der Waals surface area contributed by atoms with Crippen LogP contribution < -0.4 is 10.1 Å². The second kappa shape index (κ2) is 8.21. The van der Waals surface area contributed by atoms with E-state index in [2.05, 4.69) is 22.4 Å². The first-order chi connectivity index (χ1) is 13.3. The monoisotopic (exact) mass is 360 g/mol. The van der Waals surface area contributed by atoms with E-state index in [1.54, 1.807) is 0 Å². The Morgan fingerprint density at radius 3 is 2.67 bits per heavy atom. The maximum atomic E-state index is 12.3. The summed E-state index contributed by atoms with van der Waals surface area (Å²) in [4.78, 5) is 16.6. The summed E-state index contributed by atoms with van der Waals surface area (Å²) in [6.45, 7) is 0.720. The molecule has 0 saturated heterocycles. The molecule has 0 radical (unpaired) electrons. The van der Waals surface area contributed by atoms with Gasteiger partial charge in [0.1, 0.15) is 5.75 Å². The molecule has 2 aromatic carbocycles. The summed E-state index contributed by atoms with van der Waals surface area (Å²) in [5, 5.41) is 5.45. The Morgan fingerprint density at radius 2 is 1.81 bits per heavy atom. The lowest BCUT2D eigenvalue weighted by atomic mass is 9.81. The quantitative estimate of drug-likeness (QED) is 0.689. The van der Waals surface area contributed by atoms with Crippen LogP contribution in [0.15, 0.2) is 67.0 Å². The zero-order valence-corrected chi connectivity index (χ0v) is 15.3. The van der Waals surface area contributed by atoms with Crippen molar-refractivity contribution in [3.05, 3.63) is 72.6 Å². The summed E-state index contributed by atoms with van der Waals surface area (Å²) in [5.41, 5.74) is 1.13. The maximum Gasteiger partial charge on any atom is 0.220 e. The smallest absolute Gasteiger partial charge is 0.220 e. The van der Waals surface area contributed by atoms with E-state index in [4.69, 9.17) is 4.74 Å². The Morgan fingerprint density at radius 1 is 1.04 bits per heavy atom. The van der Waals surface area contributed by atoms with E-state index < -0.39 is 0 Å². The highest BCUT2D eigenvalue weighted by molar-refractivity contribution is 5.85. The molecule has 4 rings (SSSR count). The Kier molecular flexibility index (Phi) is 5.33. The number of ether oxygens (including phenoxy) is 1. The lowest BCUT2D eigenvalue weighted by Gasteiger charge is -2.35. The van der Waals surface area contributed by atoms with Crippen LogP contribution in [0.1, 0.15) is 24.8 Å². The average Bonchev–Trinajstić information content (AvgIpc) is 2.68. The number of nitrogens with zero attached hydrogens (tertiary/aromatic N) is 1. The molecular weight excluding hydrogens is 336 g/mol. The SMILES string of the molecule is O=C(CCc1cncc2ccccc12)NC1CC(COc2ccccc2)C1. The number of rotatable bonds is 7. The van der Waals surface area contributed by atoms with E-state index in [9.17, 15) is 4.79 Å². The molecule has 3 aromatic rings. The Bertz CT molecular complexity index is 899. The van der Waals surface area contributed by atoms with Gasteiger partial charge in [0.25, 0.3) is 0 Å². The van der Waals surface area contributed by atoms with Gasteiger partial charge in [-0.3, -0.25) is 9.78 Å². The number of pyridine rings is 1. The van der Waals surface area contributed by atoms with Gasteiger partial charge in [-0.2, -0.15) is 0 Å². The molecule has 4 nitrogen and oxygen atoms in total. The zero-order chi connectivity index (χ0) is 18.5. The number of amides is 1. The minimum atomic E-state index is 0.121. The van der Waals surface area contributed by atoms with Crippen molar-refractivity contribution < 1.29 is 9.53 Å². The van der Waals surface area contributed by atoms with E-state index in [0.717, 1.165) is 36.1 Å². The normalized spacial score (nSPS) is 18.7. The van der Waals surface area contributed by atoms with Gasteiger partial charge in [-0.25, -0.2) is 0 Å². The van der Waals surface area contributed by atoms with Crippen LogP contribution in [0.5, 0.6) is 5.75 Å². The van der Waals surface area contributed by atoms with Crippen molar-refractivity contribution in [2.75, 3.05) is 6.61 Å².